The van der Waals surface area contributed by atoms with Crippen LogP contribution in [0.4, 0.5) is 0 Å². The van der Waals surface area contributed by atoms with Gasteiger partial charge in [0, 0.05) is 33.8 Å². The number of rotatable bonds is 10. The number of benzene rings is 13. The van der Waals surface area contributed by atoms with Gasteiger partial charge in [-0.15, -0.1) is 0 Å². The molecule has 0 saturated heterocycles. The third-order valence-electron chi connectivity index (χ3n) is 18.2. The minimum atomic E-state index is -5.98. The lowest BCUT2D eigenvalue weighted by Gasteiger charge is -2.35. The fraction of sp³-hybridized carbons (Fsp3) is 0.0455. The molecule has 0 radical (unpaired) electrons. The summed E-state index contributed by atoms with van der Waals surface area (Å²) < 4.78 is 211. The number of nitrogens with zero attached hydrogens (tertiary/aromatic N) is 4. The van der Waals surface area contributed by atoms with Gasteiger partial charge in [-0.3, -0.25) is 13.7 Å². The van der Waals surface area contributed by atoms with Crippen LogP contribution in [0.1, 0.15) is 53.7 Å². The largest absolute Gasteiger partial charge is 0.458 e. The van der Waals surface area contributed by atoms with Crippen molar-refractivity contribution in [3.63, 3.8) is 0 Å². The van der Waals surface area contributed by atoms with Gasteiger partial charge in [-0.05, 0) is 154 Å². The Hall–Kier alpha value is -11.9. The van der Waals surface area contributed by atoms with E-state index in [1.54, 1.807) is 77.5 Å². The number of hydrogen-bond donors (Lipinski definition) is 0. The van der Waals surface area contributed by atoms with Gasteiger partial charge in [0.15, 0.2) is 8.07 Å². The molecule has 95 heavy (non-hydrogen) atoms. The zero-order valence-electron chi connectivity index (χ0n) is 71.2. The highest BCUT2D eigenvalue weighted by Crippen LogP contribution is 2.49. The molecule has 5 heterocycles. The first kappa shape index (κ1) is 38.8. The Morgan fingerprint density at radius 2 is 1.04 bits per heavy atom. The fourth-order valence-corrected chi connectivity index (χ4v) is 17.8. The number of aromatic nitrogens is 4. The first-order valence-electron chi connectivity index (χ1n) is 40.9. The number of hydrogen-bond acceptors (Lipinski definition) is 3. The van der Waals surface area contributed by atoms with Gasteiger partial charge in [0.2, 0.25) is 0 Å². The zero-order chi connectivity index (χ0) is 80.8. The highest BCUT2D eigenvalue weighted by Gasteiger charge is 2.43. The average molecular weight is 1260 g/mol. The van der Waals surface area contributed by atoms with Crippen molar-refractivity contribution in [2.45, 2.75) is 26.2 Å². The summed E-state index contributed by atoms with van der Waals surface area (Å²) >= 11 is 0. The van der Waals surface area contributed by atoms with E-state index in [-0.39, 0.29) is 44.1 Å². The molecule has 1 aliphatic heterocycles. The maximum atomic E-state index is 10.2. The molecule has 0 bridgehead atoms. The molecular weight excluding hydrogens is 1170 g/mol. The van der Waals surface area contributed by atoms with Crippen LogP contribution >= 0.6 is 0 Å². The molecular formula is C88H62N4O2Si. The summed E-state index contributed by atoms with van der Waals surface area (Å²) in [5, 5.41) is 1.14. The Balaban J connectivity index is 1.03. The quantitative estimate of drug-likeness (QED) is 0.0593. The summed E-state index contributed by atoms with van der Waals surface area (Å²) in [6, 6.07) is 42.6. The van der Waals surface area contributed by atoms with Gasteiger partial charge in [-0.2, -0.15) is 0 Å². The van der Waals surface area contributed by atoms with Crippen molar-refractivity contribution >= 4 is 83.6 Å². The minimum absolute atomic E-state index is 0.130. The molecule has 0 fully saturated rings. The van der Waals surface area contributed by atoms with Crippen molar-refractivity contribution in [1.82, 2.24) is 14.1 Å². The summed E-state index contributed by atoms with van der Waals surface area (Å²) in [4.78, 5) is 4.91. The standard InChI is InChI=1S/C88H62N4O2Si/c1-88(2,3)60-49-50-89-84(52-60)92-79-43-20-18-37-72(79)73-47-46-63(54-80(73)92)93-62-28-22-27-61(53-62)90-57-91-86-69(59-45-48-83-77(51-59)74-38-19-21-44-82(74)94-83)40-24-42-76(86)85-68(58-25-8-4-9-26-58)39-23-41-75(85)70-35-16-17-36-71(70)78-55-67(56-81(90)87(78)91)95(64-29-10-5-11-30-64,65-31-12-6-13-32-65)66-33-14-7-15-34-66/h4-56H,1-3H3/i4D,5D,6D,7D,8D,9D,10D,11D,12D,13D,14D,15D,25D,26D,29D,30D,31D,32D,33D,34D. The van der Waals surface area contributed by atoms with Crippen LogP contribution in [0.15, 0.2) is 326 Å². The van der Waals surface area contributed by atoms with E-state index in [9.17, 15) is 19.2 Å². The van der Waals surface area contributed by atoms with Crippen molar-refractivity contribution in [3.05, 3.63) is 333 Å². The number of para-hydroxylation sites is 3. The Morgan fingerprint density at radius 3 is 1.78 bits per heavy atom. The number of imidazole rings is 1. The van der Waals surface area contributed by atoms with E-state index in [2.05, 4.69) is 43.8 Å². The van der Waals surface area contributed by atoms with Crippen LogP contribution in [0, 0.1) is 6.33 Å². The van der Waals surface area contributed by atoms with Crippen LogP contribution < -0.4 is 30.1 Å². The Kier molecular flexibility index (Phi) is 9.06. The van der Waals surface area contributed by atoms with E-state index >= 15 is 0 Å². The number of furan rings is 1. The normalized spacial score (nSPS) is 15.1. The summed E-state index contributed by atoms with van der Waals surface area (Å²) in [7, 11) is -5.98. The SMILES string of the molecule is [2H]c1c([2H])c([2H])c(-c2cccc3c2-c2cccc(-c4ccc5oc6ccccc6c5c4)c2-[n+]2[c-]n(-c4cccc(Oc5ccc6c7ccccc7n(-c7cc(C(C)(C)C)ccn7)c6c5)c4)c4cc([Si](c5c([2H])c([2H])c([2H])c([2H])c5[2H])(c5c([2H])c([2H])c([2H])c([2H])c5[2H])c5c([2H])c([2H])c([2H])c([2H])c5[2H])cc(c42)-c2ccccc2-3)c([2H])c1[2H]. The molecule has 0 atom stereocenters. The summed E-state index contributed by atoms with van der Waals surface area (Å²) in [6.45, 7) is 6.42. The molecule has 0 amide bonds. The summed E-state index contributed by atoms with van der Waals surface area (Å²) in [5.41, 5.74) is 8.38. The van der Waals surface area contributed by atoms with Crippen LogP contribution in [0.3, 0.4) is 0 Å². The van der Waals surface area contributed by atoms with Gasteiger partial charge in [0.1, 0.15) is 28.5 Å². The second-order valence-corrected chi connectivity index (χ2v) is 28.1. The molecule has 0 saturated carbocycles. The predicted octanol–water partition coefficient (Wildman–Crippen LogP) is 19.2. The van der Waals surface area contributed by atoms with Gasteiger partial charge in [-0.25, -0.2) is 4.98 Å². The van der Waals surface area contributed by atoms with Crippen molar-refractivity contribution in [2.75, 3.05) is 0 Å². The van der Waals surface area contributed by atoms with E-state index in [4.69, 9.17) is 22.4 Å². The Morgan fingerprint density at radius 1 is 0.442 bits per heavy atom. The fourth-order valence-electron chi connectivity index (χ4n) is 13.9. The molecule has 0 aliphatic carbocycles. The molecule has 4 aromatic heterocycles. The molecule has 0 spiro atoms. The first-order chi connectivity index (χ1) is 55.0. The smallest absolute Gasteiger partial charge is 0.269 e. The number of ether oxygens (including phenoxy) is 1. The molecule has 0 N–H and O–H groups in total. The first-order valence-corrected chi connectivity index (χ1v) is 32.9. The second kappa shape index (κ2) is 22.2. The molecule has 6 nitrogen and oxygen atoms in total. The molecule has 18 rings (SSSR count). The second-order valence-electron chi connectivity index (χ2n) is 24.5. The van der Waals surface area contributed by atoms with Gasteiger partial charge in [-0.1, -0.05) is 263 Å². The Labute approximate surface area is 580 Å². The third kappa shape index (κ3) is 9.06. The maximum Gasteiger partial charge on any atom is 0.269 e. The molecule has 0 unspecified atom stereocenters. The van der Waals surface area contributed by atoms with Gasteiger partial charge >= 0.3 is 0 Å². The molecule has 7 heteroatoms. The van der Waals surface area contributed by atoms with Crippen LogP contribution in [-0.4, -0.2) is 22.2 Å². The van der Waals surface area contributed by atoms with Crippen molar-refractivity contribution in [1.29, 1.82) is 0 Å². The lowest BCUT2D eigenvalue weighted by Crippen LogP contribution is -2.74. The molecule has 1 aliphatic rings. The Bertz CT molecular complexity index is 6880. The zero-order valence-corrected chi connectivity index (χ0v) is 52.2. The summed E-state index contributed by atoms with van der Waals surface area (Å²) in [6.07, 6.45) is 5.59. The van der Waals surface area contributed by atoms with E-state index in [1.807, 2.05) is 120 Å². The average Bonchev–Trinajstić information content (AvgIpc) is 1.32. The van der Waals surface area contributed by atoms with E-state index in [1.165, 1.54) is 0 Å². The van der Waals surface area contributed by atoms with Gasteiger partial charge < -0.3 is 9.15 Å². The lowest BCUT2D eigenvalue weighted by atomic mass is 9.84. The molecule has 17 aromatic rings. The maximum absolute atomic E-state index is 10.2. The van der Waals surface area contributed by atoms with E-state index in [0.29, 0.717) is 73.1 Å². The molecule has 13 aromatic carbocycles. The van der Waals surface area contributed by atoms with Gasteiger partial charge in [0.05, 0.1) is 60.9 Å². The number of fused-ring (bicyclic) bond motifs is 13. The van der Waals surface area contributed by atoms with Crippen molar-refractivity contribution in [2.24, 2.45) is 0 Å². The third-order valence-corrected chi connectivity index (χ3v) is 22.3. The summed E-state index contributed by atoms with van der Waals surface area (Å²) in [5.74, 6) is 1.39. The van der Waals surface area contributed by atoms with Crippen LogP contribution in [0.25, 0.3) is 128 Å². The minimum Gasteiger partial charge on any atom is -0.458 e. The predicted molar refractivity (Wildman–Crippen MR) is 393 cm³/mol. The molecule has 450 valence electrons. The monoisotopic (exact) mass is 1250 g/mol. The topological polar surface area (TPSA) is 49.0 Å². The number of pyridine rings is 1. The van der Waals surface area contributed by atoms with Gasteiger partial charge in [0.25, 0.3) is 6.33 Å². The van der Waals surface area contributed by atoms with E-state index < -0.39 is 144 Å². The highest BCUT2D eigenvalue weighted by atomic mass is 28.3. The van der Waals surface area contributed by atoms with Crippen molar-refractivity contribution < 1.29 is 41.1 Å². The van der Waals surface area contributed by atoms with Crippen molar-refractivity contribution in [3.8, 4) is 84.3 Å². The van der Waals surface area contributed by atoms with Crippen LogP contribution in [-0.2, 0) is 5.41 Å². The lowest BCUT2D eigenvalue weighted by molar-refractivity contribution is -0.570. The van der Waals surface area contributed by atoms with Crippen LogP contribution in [0.5, 0.6) is 11.5 Å². The highest BCUT2D eigenvalue weighted by molar-refractivity contribution is 7.20. The van der Waals surface area contributed by atoms with E-state index in [0.717, 1.165) is 38.1 Å². The van der Waals surface area contributed by atoms with Crippen LogP contribution in [0.2, 0.25) is 0 Å².